The highest BCUT2D eigenvalue weighted by atomic mass is 15.4. The number of nitrogens with zero attached hydrogens (tertiary/aromatic N) is 2. The number of hydrogen-bond acceptors (Lipinski definition) is 2. The Balaban J connectivity index is 1.94. The maximum atomic E-state index is 5.68. The van der Waals surface area contributed by atoms with Crippen LogP contribution in [-0.4, -0.2) is 30.0 Å². The second-order valence-electron chi connectivity index (χ2n) is 5.79. The van der Waals surface area contributed by atoms with Crippen molar-refractivity contribution in [3.63, 3.8) is 0 Å². The third-order valence-electron chi connectivity index (χ3n) is 4.47. The van der Waals surface area contributed by atoms with E-state index in [4.69, 9.17) is 10.8 Å². The molecule has 104 valence electrons. The average molecular weight is 252 g/mol. The normalized spacial score (nSPS) is 24.0. The second-order valence-corrected chi connectivity index (χ2v) is 5.79. The fraction of sp³-hybridized carbons (Fsp3) is 0.929. The molecule has 0 saturated heterocycles. The van der Waals surface area contributed by atoms with E-state index >= 15 is 0 Å². The van der Waals surface area contributed by atoms with Gasteiger partial charge in [0.15, 0.2) is 0 Å². The summed E-state index contributed by atoms with van der Waals surface area (Å²) in [5, 5.41) is 0. The van der Waals surface area contributed by atoms with Crippen molar-refractivity contribution in [3.05, 3.63) is 0 Å². The summed E-state index contributed by atoms with van der Waals surface area (Å²) in [6.07, 6.45) is 13.1. The van der Waals surface area contributed by atoms with Crippen molar-refractivity contribution >= 4 is 5.96 Å². The molecule has 0 aromatic heterocycles. The van der Waals surface area contributed by atoms with Gasteiger partial charge in [0.05, 0.1) is 6.04 Å². The Morgan fingerprint density at radius 1 is 1.00 bits per heavy atom. The lowest BCUT2D eigenvalue weighted by Crippen LogP contribution is -2.48. The lowest BCUT2D eigenvalue weighted by Gasteiger charge is -2.34. The van der Waals surface area contributed by atoms with Crippen molar-refractivity contribution in [2.45, 2.75) is 76.3 Å². The van der Waals surface area contributed by atoms with Crippen molar-refractivity contribution in [1.29, 1.82) is 0 Å². The summed E-state index contributed by atoms with van der Waals surface area (Å²) in [5.41, 5.74) is 2.82. The van der Waals surface area contributed by atoms with Gasteiger partial charge in [-0.3, -0.25) is 5.43 Å². The Kier molecular flexibility index (Phi) is 5.29. The monoisotopic (exact) mass is 252 g/mol. The molecule has 0 aromatic carbocycles. The zero-order valence-corrected chi connectivity index (χ0v) is 11.7. The summed E-state index contributed by atoms with van der Waals surface area (Å²) in [7, 11) is 2.14. The van der Waals surface area contributed by atoms with Gasteiger partial charge in [-0.25, -0.2) is 10.8 Å². The van der Waals surface area contributed by atoms with Gasteiger partial charge in [0.2, 0.25) is 5.96 Å². The highest BCUT2D eigenvalue weighted by Gasteiger charge is 2.21. The minimum Gasteiger partial charge on any atom is -0.342 e. The number of hydrogen-bond donors (Lipinski definition) is 2. The molecule has 2 fully saturated rings. The summed E-state index contributed by atoms with van der Waals surface area (Å²) >= 11 is 0. The van der Waals surface area contributed by atoms with Crippen LogP contribution >= 0.6 is 0 Å². The average Bonchev–Trinajstić information content (AvgIpc) is 2.46. The van der Waals surface area contributed by atoms with Crippen molar-refractivity contribution in [2.75, 3.05) is 7.05 Å². The Morgan fingerprint density at radius 3 is 2.11 bits per heavy atom. The number of nitrogens with one attached hydrogen (secondary N) is 1. The molecule has 2 aliphatic rings. The minimum atomic E-state index is 0.482. The molecule has 0 aliphatic heterocycles. The zero-order chi connectivity index (χ0) is 12.8. The van der Waals surface area contributed by atoms with E-state index in [0.29, 0.717) is 12.1 Å². The lowest BCUT2D eigenvalue weighted by molar-refractivity contribution is 0.269. The summed E-state index contributed by atoms with van der Waals surface area (Å²) in [4.78, 5) is 7.11. The molecule has 0 aromatic rings. The molecule has 0 spiro atoms. The van der Waals surface area contributed by atoms with Gasteiger partial charge < -0.3 is 4.90 Å². The smallest absolute Gasteiger partial charge is 0.208 e. The van der Waals surface area contributed by atoms with Crippen molar-refractivity contribution < 1.29 is 0 Å². The number of nitrogens with two attached hydrogens (primary N) is 1. The first-order valence-corrected chi connectivity index (χ1v) is 7.58. The molecule has 2 saturated carbocycles. The van der Waals surface area contributed by atoms with E-state index in [1.165, 1.54) is 64.2 Å². The van der Waals surface area contributed by atoms with Gasteiger partial charge in [-0.1, -0.05) is 38.5 Å². The van der Waals surface area contributed by atoms with Crippen LogP contribution < -0.4 is 11.3 Å². The topological polar surface area (TPSA) is 53.6 Å². The third-order valence-corrected chi connectivity index (χ3v) is 4.47. The van der Waals surface area contributed by atoms with Crippen molar-refractivity contribution in [2.24, 2.45) is 10.8 Å². The van der Waals surface area contributed by atoms with Crippen LogP contribution in [0.25, 0.3) is 0 Å². The van der Waals surface area contributed by atoms with Crippen LogP contribution in [0, 0.1) is 0 Å². The second kappa shape index (κ2) is 6.98. The Labute approximate surface area is 111 Å². The van der Waals surface area contributed by atoms with Gasteiger partial charge >= 0.3 is 0 Å². The standard InChI is InChI=1S/C14H28N4/c1-18(13-10-6-3-7-11-13)14(17-15)16-12-8-4-2-5-9-12/h12-13H,2-11,15H2,1H3,(H,16,17). The minimum absolute atomic E-state index is 0.482. The summed E-state index contributed by atoms with van der Waals surface area (Å²) in [6, 6.07) is 1.10. The third kappa shape index (κ3) is 3.61. The molecule has 2 rings (SSSR count). The predicted octanol–water partition coefficient (Wildman–Crippen LogP) is 2.40. The highest BCUT2D eigenvalue weighted by Crippen LogP contribution is 2.23. The molecule has 4 nitrogen and oxygen atoms in total. The molecule has 0 amide bonds. The summed E-state index contributed by atoms with van der Waals surface area (Å²) in [6.45, 7) is 0. The van der Waals surface area contributed by atoms with E-state index in [0.717, 1.165) is 5.96 Å². The van der Waals surface area contributed by atoms with Crippen molar-refractivity contribution in [1.82, 2.24) is 10.3 Å². The van der Waals surface area contributed by atoms with Crippen LogP contribution in [0.4, 0.5) is 0 Å². The molecular formula is C14H28N4. The maximum absolute atomic E-state index is 5.68. The number of guanidine groups is 1. The number of hydrazine groups is 1. The maximum Gasteiger partial charge on any atom is 0.208 e. The number of aliphatic imine (C=N–C) groups is 1. The van der Waals surface area contributed by atoms with Gasteiger partial charge in [-0.15, -0.1) is 0 Å². The first-order chi connectivity index (χ1) is 8.81. The van der Waals surface area contributed by atoms with Crippen LogP contribution in [-0.2, 0) is 0 Å². The Morgan fingerprint density at radius 2 is 1.56 bits per heavy atom. The Bertz CT molecular complexity index is 265. The van der Waals surface area contributed by atoms with Gasteiger partial charge in [0.25, 0.3) is 0 Å². The molecule has 0 unspecified atom stereocenters. The predicted molar refractivity (Wildman–Crippen MR) is 76.3 cm³/mol. The quantitative estimate of drug-likeness (QED) is 0.343. The lowest BCUT2D eigenvalue weighted by atomic mass is 9.94. The van der Waals surface area contributed by atoms with Crippen LogP contribution in [0.15, 0.2) is 4.99 Å². The molecule has 2 aliphatic carbocycles. The molecule has 0 bridgehead atoms. The van der Waals surface area contributed by atoms with E-state index in [-0.39, 0.29) is 0 Å². The van der Waals surface area contributed by atoms with E-state index in [9.17, 15) is 0 Å². The first-order valence-electron chi connectivity index (χ1n) is 7.58. The molecule has 0 radical (unpaired) electrons. The SMILES string of the molecule is CN(C(=NC1CCCCC1)NN)C1CCCCC1. The van der Waals surface area contributed by atoms with E-state index in [1.54, 1.807) is 0 Å². The molecule has 4 heteroatoms. The van der Waals surface area contributed by atoms with Crippen molar-refractivity contribution in [3.8, 4) is 0 Å². The van der Waals surface area contributed by atoms with E-state index in [1.807, 2.05) is 0 Å². The fourth-order valence-corrected chi connectivity index (χ4v) is 3.25. The molecule has 0 atom stereocenters. The van der Waals surface area contributed by atoms with Crippen LogP contribution in [0.3, 0.4) is 0 Å². The van der Waals surface area contributed by atoms with Crippen LogP contribution in [0.5, 0.6) is 0 Å². The van der Waals surface area contributed by atoms with Gasteiger partial charge in [0.1, 0.15) is 0 Å². The molecule has 18 heavy (non-hydrogen) atoms. The Hall–Kier alpha value is -0.770. The van der Waals surface area contributed by atoms with Gasteiger partial charge in [-0.2, -0.15) is 0 Å². The van der Waals surface area contributed by atoms with E-state index < -0.39 is 0 Å². The van der Waals surface area contributed by atoms with Gasteiger partial charge in [-0.05, 0) is 25.7 Å². The molecule has 0 heterocycles. The zero-order valence-electron chi connectivity index (χ0n) is 11.7. The van der Waals surface area contributed by atoms with E-state index in [2.05, 4.69) is 17.4 Å². The van der Waals surface area contributed by atoms with Crippen LogP contribution in [0.2, 0.25) is 0 Å². The van der Waals surface area contributed by atoms with Gasteiger partial charge in [0, 0.05) is 13.1 Å². The number of rotatable bonds is 2. The fourth-order valence-electron chi connectivity index (χ4n) is 3.25. The molecular weight excluding hydrogens is 224 g/mol. The summed E-state index contributed by atoms with van der Waals surface area (Å²) < 4.78 is 0. The summed E-state index contributed by atoms with van der Waals surface area (Å²) in [5.74, 6) is 6.57. The van der Waals surface area contributed by atoms with Crippen LogP contribution in [0.1, 0.15) is 64.2 Å². The largest absolute Gasteiger partial charge is 0.342 e. The first kappa shape index (κ1) is 13.7. The molecule has 3 N–H and O–H groups in total. The highest BCUT2D eigenvalue weighted by molar-refractivity contribution is 5.79.